The lowest BCUT2D eigenvalue weighted by molar-refractivity contribution is -0.122. The molecule has 0 aliphatic rings. The maximum Gasteiger partial charge on any atom is 0.307 e. The van der Waals surface area contributed by atoms with E-state index in [9.17, 15) is 9.59 Å². The monoisotopic (exact) mass is 388 g/mol. The summed E-state index contributed by atoms with van der Waals surface area (Å²) in [5.74, 6) is 0.989. The average Bonchev–Trinajstić information content (AvgIpc) is 2.92. The van der Waals surface area contributed by atoms with E-state index in [1.165, 1.54) is 16.9 Å². The third-order valence-corrected chi connectivity index (χ3v) is 5.61. The van der Waals surface area contributed by atoms with Crippen LogP contribution in [0.3, 0.4) is 0 Å². The van der Waals surface area contributed by atoms with E-state index in [2.05, 4.69) is 57.3 Å². The van der Waals surface area contributed by atoms with Crippen molar-refractivity contribution < 1.29 is 4.79 Å². The van der Waals surface area contributed by atoms with Crippen LogP contribution in [0.2, 0.25) is 0 Å². The molecular formula is C22H32N2O2S. The molecule has 1 aromatic carbocycles. The summed E-state index contributed by atoms with van der Waals surface area (Å²) in [6.45, 7) is 11.2. The van der Waals surface area contributed by atoms with Gasteiger partial charge in [0.15, 0.2) is 0 Å². The number of amides is 1. The van der Waals surface area contributed by atoms with E-state index in [0.717, 1.165) is 17.7 Å². The van der Waals surface area contributed by atoms with Crippen LogP contribution in [-0.4, -0.2) is 10.5 Å². The molecule has 2 rings (SSSR count). The summed E-state index contributed by atoms with van der Waals surface area (Å²) < 4.78 is 1.74. The molecule has 0 bridgehead atoms. The van der Waals surface area contributed by atoms with E-state index >= 15 is 0 Å². The van der Waals surface area contributed by atoms with Crippen molar-refractivity contribution in [1.82, 2.24) is 9.88 Å². The summed E-state index contributed by atoms with van der Waals surface area (Å²) in [6.07, 6.45) is 2.16. The van der Waals surface area contributed by atoms with Gasteiger partial charge in [-0.1, -0.05) is 63.3 Å². The molecule has 27 heavy (non-hydrogen) atoms. The van der Waals surface area contributed by atoms with Gasteiger partial charge in [-0.2, -0.15) is 0 Å². The van der Waals surface area contributed by atoms with Gasteiger partial charge in [-0.3, -0.25) is 9.59 Å². The Morgan fingerprint density at radius 2 is 1.81 bits per heavy atom. The first kappa shape index (κ1) is 21.4. The first-order chi connectivity index (χ1) is 12.8. The smallest absolute Gasteiger partial charge is 0.307 e. The van der Waals surface area contributed by atoms with Crippen LogP contribution in [0.25, 0.3) is 0 Å². The van der Waals surface area contributed by atoms with Gasteiger partial charge in [0.2, 0.25) is 5.91 Å². The second-order valence-corrected chi connectivity index (χ2v) is 8.85. The Hall–Kier alpha value is -1.88. The summed E-state index contributed by atoms with van der Waals surface area (Å²) in [4.78, 5) is 24.2. The number of aryl methyl sites for hydroxylation is 1. The molecule has 1 N–H and O–H groups in total. The first-order valence-corrected chi connectivity index (χ1v) is 10.7. The lowest BCUT2D eigenvalue weighted by atomic mass is 9.93. The maximum absolute atomic E-state index is 12.4. The standard InChI is InChI=1S/C22H32N2O2S/c1-15(2)13-18-8-10-19(11-9-18)21(16(3)4)23-20(25)7-6-12-24-17(5)14-27-22(24)26/h8-11,14-16,21H,6-7,12-13H2,1-5H3,(H,23,25). The molecule has 2 aromatic rings. The molecule has 0 radical (unpaired) electrons. The van der Waals surface area contributed by atoms with Crippen molar-refractivity contribution in [3.05, 3.63) is 56.1 Å². The lowest BCUT2D eigenvalue weighted by Crippen LogP contribution is -2.32. The van der Waals surface area contributed by atoms with Gasteiger partial charge in [0.1, 0.15) is 0 Å². The zero-order chi connectivity index (χ0) is 20.0. The van der Waals surface area contributed by atoms with Crippen LogP contribution in [0.1, 0.15) is 63.4 Å². The van der Waals surface area contributed by atoms with Crippen molar-refractivity contribution >= 4 is 17.2 Å². The summed E-state index contributed by atoms with van der Waals surface area (Å²) in [5.41, 5.74) is 3.45. The molecule has 0 saturated carbocycles. The number of nitrogens with zero attached hydrogens (tertiary/aromatic N) is 1. The average molecular weight is 389 g/mol. The van der Waals surface area contributed by atoms with E-state index in [1.807, 2.05) is 12.3 Å². The van der Waals surface area contributed by atoms with Gasteiger partial charge in [0.25, 0.3) is 0 Å². The zero-order valence-electron chi connectivity index (χ0n) is 17.1. The largest absolute Gasteiger partial charge is 0.349 e. The number of rotatable bonds is 9. The fraction of sp³-hybridized carbons (Fsp3) is 0.545. The highest BCUT2D eigenvalue weighted by Crippen LogP contribution is 2.23. The highest BCUT2D eigenvalue weighted by molar-refractivity contribution is 7.07. The van der Waals surface area contributed by atoms with Crippen molar-refractivity contribution in [2.24, 2.45) is 11.8 Å². The number of hydrogen-bond donors (Lipinski definition) is 1. The molecule has 0 aliphatic carbocycles. The molecule has 0 fully saturated rings. The minimum Gasteiger partial charge on any atom is -0.349 e. The Morgan fingerprint density at radius 1 is 1.15 bits per heavy atom. The zero-order valence-corrected chi connectivity index (χ0v) is 17.9. The van der Waals surface area contributed by atoms with Crippen LogP contribution >= 0.6 is 11.3 Å². The van der Waals surface area contributed by atoms with E-state index in [0.29, 0.717) is 31.2 Å². The Kier molecular flexibility index (Phi) is 7.84. The van der Waals surface area contributed by atoms with Crippen LogP contribution in [0.4, 0.5) is 0 Å². The molecular weight excluding hydrogens is 356 g/mol. The molecule has 1 atom stereocenters. The minimum atomic E-state index is 0.0104. The van der Waals surface area contributed by atoms with Crippen molar-refractivity contribution in [2.75, 3.05) is 0 Å². The van der Waals surface area contributed by atoms with Crippen LogP contribution in [-0.2, 0) is 17.8 Å². The predicted octanol–water partition coefficient (Wildman–Crippen LogP) is 4.71. The van der Waals surface area contributed by atoms with E-state index in [1.54, 1.807) is 4.57 Å². The minimum absolute atomic E-state index is 0.0104. The number of thiazole rings is 1. The second-order valence-electron chi connectivity index (χ2n) is 8.03. The molecule has 4 nitrogen and oxygen atoms in total. The predicted molar refractivity (Wildman–Crippen MR) is 113 cm³/mol. The van der Waals surface area contributed by atoms with Gasteiger partial charge in [0.05, 0.1) is 6.04 Å². The fourth-order valence-corrected chi connectivity index (χ4v) is 4.05. The maximum atomic E-state index is 12.4. The number of carbonyl (C=O) groups excluding carboxylic acids is 1. The number of carbonyl (C=O) groups is 1. The Bertz CT molecular complexity index is 787. The van der Waals surface area contributed by atoms with Crippen molar-refractivity contribution in [3.63, 3.8) is 0 Å². The normalized spacial score (nSPS) is 12.6. The molecule has 1 unspecified atom stereocenters. The molecule has 5 heteroatoms. The molecule has 0 saturated heterocycles. The van der Waals surface area contributed by atoms with Crippen LogP contribution in [0, 0.1) is 18.8 Å². The van der Waals surface area contributed by atoms with Gasteiger partial charge in [-0.25, -0.2) is 0 Å². The Labute approximate surface area is 166 Å². The topological polar surface area (TPSA) is 51.1 Å². The van der Waals surface area contributed by atoms with Crippen LogP contribution in [0.5, 0.6) is 0 Å². The molecule has 0 aliphatic heterocycles. The quantitative estimate of drug-likeness (QED) is 0.676. The SMILES string of the molecule is Cc1csc(=O)n1CCCC(=O)NC(c1ccc(CC(C)C)cc1)C(C)C. The van der Waals surface area contributed by atoms with Crippen molar-refractivity contribution in [1.29, 1.82) is 0 Å². The molecule has 1 heterocycles. The highest BCUT2D eigenvalue weighted by atomic mass is 32.1. The number of benzene rings is 1. The molecule has 148 valence electrons. The molecule has 0 spiro atoms. The summed E-state index contributed by atoms with van der Waals surface area (Å²) in [5, 5.41) is 5.04. The van der Waals surface area contributed by atoms with Crippen molar-refractivity contribution in [3.8, 4) is 0 Å². The van der Waals surface area contributed by atoms with E-state index in [-0.39, 0.29) is 16.8 Å². The summed E-state index contributed by atoms with van der Waals surface area (Å²) >= 11 is 1.21. The van der Waals surface area contributed by atoms with Crippen LogP contribution < -0.4 is 10.2 Å². The third-order valence-electron chi connectivity index (χ3n) is 4.73. The van der Waals surface area contributed by atoms with Gasteiger partial charge < -0.3 is 9.88 Å². The van der Waals surface area contributed by atoms with E-state index < -0.39 is 0 Å². The van der Waals surface area contributed by atoms with Gasteiger partial charge >= 0.3 is 4.87 Å². The number of hydrogen-bond acceptors (Lipinski definition) is 3. The highest BCUT2D eigenvalue weighted by Gasteiger charge is 2.18. The number of nitrogens with one attached hydrogen (secondary N) is 1. The Morgan fingerprint density at radius 3 is 2.33 bits per heavy atom. The van der Waals surface area contributed by atoms with Gasteiger partial charge in [0, 0.05) is 24.0 Å². The summed E-state index contributed by atoms with van der Waals surface area (Å²) in [6, 6.07) is 8.62. The lowest BCUT2D eigenvalue weighted by Gasteiger charge is -2.23. The summed E-state index contributed by atoms with van der Waals surface area (Å²) in [7, 11) is 0. The van der Waals surface area contributed by atoms with Gasteiger partial charge in [-0.05, 0) is 42.7 Å². The van der Waals surface area contributed by atoms with E-state index in [4.69, 9.17) is 0 Å². The second kappa shape index (κ2) is 9.88. The molecule has 1 amide bonds. The van der Waals surface area contributed by atoms with Crippen molar-refractivity contribution in [2.45, 2.75) is 66.5 Å². The third kappa shape index (κ3) is 6.35. The van der Waals surface area contributed by atoms with Gasteiger partial charge in [-0.15, -0.1) is 0 Å². The Balaban J connectivity index is 1.93. The fourth-order valence-electron chi connectivity index (χ4n) is 3.29. The number of aromatic nitrogens is 1. The first-order valence-electron chi connectivity index (χ1n) is 9.81. The van der Waals surface area contributed by atoms with Crippen LogP contribution in [0.15, 0.2) is 34.4 Å². The molecule has 1 aromatic heterocycles.